The fourth-order valence-corrected chi connectivity index (χ4v) is 0.428. The van der Waals surface area contributed by atoms with Crippen molar-refractivity contribution in [3.8, 4) is 0 Å². The molecule has 0 aliphatic rings. The zero-order chi connectivity index (χ0) is 8.15. The van der Waals surface area contributed by atoms with Gasteiger partial charge in [-0.2, -0.15) is 0 Å². The van der Waals surface area contributed by atoms with E-state index >= 15 is 0 Å². The molecule has 3 nitrogen and oxygen atoms in total. The third-order valence-electron chi connectivity index (χ3n) is 1.14. The second kappa shape index (κ2) is 4.06. The van der Waals surface area contributed by atoms with Gasteiger partial charge in [-0.05, 0) is 13.8 Å². The Hall–Kier alpha value is -0.830. The van der Waals surface area contributed by atoms with Crippen LogP contribution in [0.1, 0.15) is 13.8 Å². The average Bonchev–Trinajstić information content (AvgIpc) is 1.82. The maximum absolute atomic E-state index is 10.4. The van der Waals surface area contributed by atoms with Crippen LogP contribution in [-0.4, -0.2) is 18.5 Å². The van der Waals surface area contributed by atoms with E-state index in [0.717, 1.165) is 5.57 Å². The monoisotopic (exact) mass is 142 g/mol. The van der Waals surface area contributed by atoms with Gasteiger partial charge < -0.3 is 11.1 Å². The Bertz CT molecular complexity index is 143. The molecule has 3 N–H and O–H groups in total. The number of carbonyl (C=O) groups excluding carboxylic acids is 1. The second-order valence-electron chi connectivity index (χ2n) is 2.46. The maximum Gasteiger partial charge on any atom is 0.234 e. The lowest BCUT2D eigenvalue weighted by Gasteiger charge is -2.08. The minimum Gasteiger partial charge on any atom is -0.368 e. The van der Waals surface area contributed by atoms with Crippen molar-refractivity contribution in [3.05, 3.63) is 12.2 Å². The lowest BCUT2D eigenvalue weighted by molar-refractivity contribution is -0.119. The molecule has 1 amide bonds. The Morgan fingerprint density at radius 3 is 2.60 bits per heavy atom. The first kappa shape index (κ1) is 9.17. The number of nitrogens with two attached hydrogens (primary N) is 1. The van der Waals surface area contributed by atoms with Gasteiger partial charge in [-0.25, -0.2) is 0 Å². The lowest BCUT2D eigenvalue weighted by atomic mass is 10.3. The van der Waals surface area contributed by atoms with Crippen molar-refractivity contribution >= 4 is 5.91 Å². The molecule has 0 spiro atoms. The standard InChI is InChI=1S/C7H14N2O/c1-5(2)4-9-6(3)7(8)10/h6,9H,1,4H2,2-3H3,(H2,8,10). The van der Waals surface area contributed by atoms with Crippen LogP contribution in [0.25, 0.3) is 0 Å². The third kappa shape index (κ3) is 4.09. The minimum atomic E-state index is -0.332. The van der Waals surface area contributed by atoms with Crippen molar-refractivity contribution in [2.75, 3.05) is 6.54 Å². The van der Waals surface area contributed by atoms with Crippen LogP contribution in [0, 0.1) is 0 Å². The number of primary amides is 1. The summed E-state index contributed by atoms with van der Waals surface area (Å²) in [5, 5.41) is 2.91. The molecule has 0 aromatic rings. The number of hydrogen-bond donors (Lipinski definition) is 2. The SMILES string of the molecule is C=C(C)CNC(C)C(N)=O. The van der Waals surface area contributed by atoms with Gasteiger partial charge in [-0.3, -0.25) is 4.79 Å². The molecule has 0 aliphatic carbocycles. The molecule has 0 fully saturated rings. The highest BCUT2D eigenvalue weighted by Crippen LogP contribution is 1.84. The van der Waals surface area contributed by atoms with Crippen LogP contribution in [0.5, 0.6) is 0 Å². The van der Waals surface area contributed by atoms with E-state index in [-0.39, 0.29) is 11.9 Å². The van der Waals surface area contributed by atoms with Crippen LogP contribution in [0.15, 0.2) is 12.2 Å². The van der Waals surface area contributed by atoms with Gasteiger partial charge in [-0.15, -0.1) is 0 Å². The maximum atomic E-state index is 10.4. The molecule has 0 bridgehead atoms. The lowest BCUT2D eigenvalue weighted by Crippen LogP contribution is -2.39. The molecule has 0 radical (unpaired) electrons. The van der Waals surface area contributed by atoms with Crippen LogP contribution in [0.3, 0.4) is 0 Å². The van der Waals surface area contributed by atoms with Crippen molar-refractivity contribution in [2.45, 2.75) is 19.9 Å². The van der Waals surface area contributed by atoms with Gasteiger partial charge in [0, 0.05) is 6.54 Å². The smallest absolute Gasteiger partial charge is 0.234 e. The third-order valence-corrected chi connectivity index (χ3v) is 1.14. The largest absolute Gasteiger partial charge is 0.368 e. The van der Waals surface area contributed by atoms with Gasteiger partial charge in [0.05, 0.1) is 6.04 Å². The number of nitrogens with one attached hydrogen (secondary N) is 1. The molecule has 1 atom stereocenters. The molecular weight excluding hydrogens is 128 g/mol. The van der Waals surface area contributed by atoms with Crippen LogP contribution in [0.4, 0.5) is 0 Å². The van der Waals surface area contributed by atoms with Gasteiger partial charge in [-0.1, -0.05) is 12.2 Å². The van der Waals surface area contributed by atoms with Crippen molar-refractivity contribution in [2.24, 2.45) is 5.73 Å². The number of amides is 1. The summed E-state index contributed by atoms with van der Waals surface area (Å²) in [6.45, 7) is 7.93. The summed E-state index contributed by atoms with van der Waals surface area (Å²) in [5.41, 5.74) is 5.98. The van der Waals surface area contributed by atoms with Crippen LogP contribution in [-0.2, 0) is 4.79 Å². The van der Waals surface area contributed by atoms with Gasteiger partial charge in [0.1, 0.15) is 0 Å². The highest BCUT2D eigenvalue weighted by molar-refractivity contribution is 5.79. The van der Waals surface area contributed by atoms with E-state index in [0.29, 0.717) is 6.54 Å². The highest BCUT2D eigenvalue weighted by atomic mass is 16.1. The normalized spacial score (nSPS) is 12.6. The van der Waals surface area contributed by atoms with Gasteiger partial charge in [0.2, 0.25) is 5.91 Å². The Kier molecular flexibility index (Phi) is 3.72. The zero-order valence-corrected chi connectivity index (χ0v) is 6.48. The van der Waals surface area contributed by atoms with Gasteiger partial charge in [0.15, 0.2) is 0 Å². The van der Waals surface area contributed by atoms with E-state index in [1.807, 2.05) is 6.92 Å². The van der Waals surface area contributed by atoms with E-state index in [1.54, 1.807) is 6.92 Å². The molecular formula is C7H14N2O. The predicted molar refractivity (Wildman–Crippen MR) is 41.5 cm³/mol. The fourth-order valence-electron chi connectivity index (χ4n) is 0.428. The first-order valence-corrected chi connectivity index (χ1v) is 3.21. The molecule has 3 heteroatoms. The fraction of sp³-hybridized carbons (Fsp3) is 0.571. The molecule has 0 aliphatic heterocycles. The molecule has 0 saturated carbocycles. The Morgan fingerprint density at radius 1 is 1.80 bits per heavy atom. The molecule has 10 heavy (non-hydrogen) atoms. The molecule has 58 valence electrons. The van der Waals surface area contributed by atoms with E-state index in [4.69, 9.17) is 5.73 Å². The van der Waals surface area contributed by atoms with Gasteiger partial charge >= 0.3 is 0 Å². The van der Waals surface area contributed by atoms with Crippen LogP contribution in [0.2, 0.25) is 0 Å². The molecule has 0 saturated heterocycles. The Labute approximate surface area is 61.3 Å². The van der Waals surface area contributed by atoms with Crippen molar-refractivity contribution < 1.29 is 4.79 Å². The van der Waals surface area contributed by atoms with Crippen LogP contribution >= 0.6 is 0 Å². The minimum absolute atomic E-state index is 0.267. The summed E-state index contributed by atoms with van der Waals surface area (Å²) in [7, 11) is 0. The summed E-state index contributed by atoms with van der Waals surface area (Å²) in [6, 6.07) is -0.267. The van der Waals surface area contributed by atoms with E-state index in [1.165, 1.54) is 0 Å². The number of hydrogen-bond acceptors (Lipinski definition) is 2. The topological polar surface area (TPSA) is 55.1 Å². The molecule has 0 aromatic carbocycles. The molecule has 0 aromatic heterocycles. The highest BCUT2D eigenvalue weighted by Gasteiger charge is 2.05. The summed E-state index contributed by atoms with van der Waals surface area (Å²) in [4.78, 5) is 10.4. The Balaban J connectivity index is 3.49. The summed E-state index contributed by atoms with van der Waals surface area (Å²) in [6.07, 6.45) is 0. The molecule has 0 rings (SSSR count). The first-order chi connectivity index (χ1) is 4.54. The van der Waals surface area contributed by atoms with Gasteiger partial charge in [0.25, 0.3) is 0 Å². The first-order valence-electron chi connectivity index (χ1n) is 3.21. The predicted octanol–water partition coefficient (Wildman–Crippen LogP) is 0.0259. The van der Waals surface area contributed by atoms with E-state index in [9.17, 15) is 4.79 Å². The summed E-state index contributed by atoms with van der Waals surface area (Å²) in [5.74, 6) is -0.332. The number of rotatable bonds is 4. The van der Waals surface area contributed by atoms with Crippen molar-refractivity contribution in [3.63, 3.8) is 0 Å². The van der Waals surface area contributed by atoms with Crippen molar-refractivity contribution in [1.82, 2.24) is 5.32 Å². The van der Waals surface area contributed by atoms with Crippen LogP contribution < -0.4 is 11.1 Å². The zero-order valence-electron chi connectivity index (χ0n) is 6.48. The van der Waals surface area contributed by atoms with E-state index in [2.05, 4.69) is 11.9 Å². The second-order valence-corrected chi connectivity index (χ2v) is 2.46. The average molecular weight is 142 g/mol. The Morgan fingerprint density at radius 2 is 2.30 bits per heavy atom. The molecule has 1 unspecified atom stereocenters. The summed E-state index contributed by atoms with van der Waals surface area (Å²) < 4.78 is 0. The summed E-state index contributed by atoms with van der Waals surface area (Å²) >= 11 is 0. The van der Waals surface area contributed by atoms with E-state index < -0.39 is 0 Å². The molecule has 0 heterocycles. The quantitative estimate of drug-likeness (QED) is 0.544. The number of carbonyl (C=O) groups is 1. The van der Waals surface area contributed by atoms with Crippen molar-refractivity contribution in [1.29, 1.82) is 0 Å².